The Hall–Kier alpha value is -2.61. The molecule has 2 aromatic heterocycles. The first kappa shape index (κ1) is 16.3. The highest BCUT2D eigenvalue weighted by Crippen LogP contribution is 2.17. The smallest absolute Gasteiger partial charge is 0.289 e. The number of methoxy groups -OCH3 is 1. The molecule has 1 saturated heterocycles. The van der Waals surface area contributed by atoms with Crippen molar-refractivity contribution in [2.45, 2.75) is 0 Å². The molecule has 2 aromatic rings. The zero-order valence-corrected chi connectivity index (χ0v) is 13.6. The molecule has 0 aliphatic carbocycles. The first-order chi connectivity index (χ1) is 11.8. The van der Waals surface area contributed by atoms with Crippen LogP contribution in [-0.4, -0.2) is 67.2 Å². The highest BCUT2D eigenvalue weighted by molar-refractivity contribution is 5.91. The number of ether oxygens (including phenoxy) is 1. The monoisotopic (exact) mass is 331 g/mol. The molecule has 1 aliphatic rings. The second kappa shape index (κ2) is 7.78. The Kier molecular flexibility index (Phi) is 5.27. The van der Waals surface area contributed by atoms with Gasteiger partial charge in [-0.15, -0.1) is 0 Å². The SMILES string of the molecule is COCCNc1cc(N2CCN(C(=O)c3ccco3)CC2)ncn1. The van der Waals surface area contributed by atoms with E-state index in [0.29, 0.717) is 32.0 Å². The van der Waals surface area contributed by atoms with E-state index in [2.05, 4.69) is 20.2 Å². The van der Waals surface area contributed by atoms with Crippen molar-refractivity contribution in [3.63, 3.8) is 0 Å². The van der Waals surface area contributed by atoms with Crippen LogP contribution in [0.1, 0.15) is 10.6 Å². The van der Waals surface area contributed by atoms with Crippen molar-refractivity contribution in [3.05, 3.63) is 36.5 Å². The van der Waals surface area contributed by atoms with Crippen LogP contribution < -0.4 is 10.2 Å². The van der Waals surface area contributed by atoms with Gasteiger partial charge in [-0.2, -0.15) is 0 Å². The van der Waals surface area contributed by atoms with Gasteiger partial charge in [-0.05, 0) is 12.1 Å². The van der Waals surface area contributed by atoms with Crippen LogP contribution in [-0.2, 0) is 4.74 Å². The highest BCUT2D eigenvalue weighted by Gasteiger charge is 2.24. The number of anilines is 2. The number of piperazine rings is 1. The first-order valence-corrected chi connectivity index (χ1v) is 7.90. The number of hydrogen-bond donors (Lipinski definition) is 1. The Balaban J connectivity index is 1.56. The van der Waals surface area contributed by atoms with Gasteiger partial charge in [-0.3, -0.25) is 4.79 Å². The summed E-state index contributed by atoms with van der Waals surface area (Å²) in [5.41, 5.74) is 0. The molecule has 0 spiro atoms. The van der Waals surface area contributed by atoms with Crippen LogP contribution in [0.3, 0.4) is 0 Å². The number of nitrogens with zero attached hydrogens (tertiary/aromatic N) is 4. The number of amides is 1. The van der Waals surface area contributed by atoms with Gasteiger partial charge in [-0.1, -0.05) is 0 Å². The van der Waals surface area contributed by atoms with E-state index in [4.69, 9.17) is 9.15 Å². The molecule has 0 radical (unpaired) electrons. The van der Waals surface area contributed by atoms with Crippen molar-refractivity contribution in [1.29, 1.82) is 0 Å². The van der Waals surface area contributed by atoms with Gasteiger partial charge >= 0.3 is 0 Å². The van der Waals surface area contributed by atoms with Crippen LogP contribution in [0, 0.1) is 0 Å². The molecule has 0 atom stereocenters. The van der Waals surface area contributed by atoms with Gasteiger partial charge in [0.15, 0.2) is 5.76 Å². The van der Waals surface area contributed by atoms with Gasteiger partial charge in [0.05, 0.1) is 12.9 Å². The maximum atomic E-state index is 12.3. The molecule has 0 unspecified atom stereocenters. The summed E-state index contributed by atoms with van der Waals surface area (Å²) in [7, 11) is 1.66. The molecular formula is C16H21N5O3. The third-order valence-corrected chi connectivity index (χ3v) is 3.89. The second-order valence-electron chi connectivity index (χ2n) is 5.44. The van der Waals surface area contributed by atoms with Crippen molar-refractivity contribution >= 4 is 17.5 Å². The average Bonchev–Trinajstić information content (AvgIpc) is 3.16. The predicted octanol–water partition coefficient (Wildman–Crippen LogP) is 1.09. The van der Waals surface area contributed by atoms with E-state index >= 15 is 0 Å². The number of rotatable bonds is 6. The van der Waals surface area contributed by atoms with Gasteiger partial charge in [0, 0.05) is 45.9 Å². The van der Waals surface area contributed by atoms with E-state index in [9.17, 15) is 4.79 Å². The highest BCUT2D eigenvalue weighted by atomic mass is 16.5. The largest absolute Gasteiger partial charge is 0.459 e. The Morgan fingerprint density at radius 2 is 2.17 bits per heavy atom. The van der Waals surface area contributed by atoms with Crippen LogP contribution in [0.2, 0.25) is 0 Å². The standard InChI is InChI=1S/C16H21N5O3/c1-23-10-4-17-14-11-15(19-12-18-14)20-5-7-21(8-6-20)16(22)13-3-2-9-24-13/h2-3,9,11-12H,4-8,10H2,1H3,(H,17,18,19). The number of furan rings is 1. The van der Waals surface area contributed by atoms with E-state index in [0.717, 1.165) is 24.7 Å². The van der Waals surface area contributed by atoms with Gasteiger partial charge in [-0.25, -0.2) is 9.97 Å². The summed E-state index contributed by atoms with van der Waals surface area (Å²) in [4.78, 5) is 24.8. The normalized spacial score (nSPS) is 14.7. The fourth-order valence-corrected chi connectivity index (χ4v) is 2.59. The zero-order chi connectivity index (χ0) is 16.8. The van der Waals surface area contributed by atoms with Crippen LogP contribution in [0.4, 0.5) is 11.6 Å². The van der Waals surface area contributed by atoms with Crippen molar-refractivity contribution in [2.24, 2.45) is 0 Å². The minimum absolute atomic E-state index is 0.0655. The molecule has 8 heteroatoms. The lowest BCUT2D eigenvalue weighted by atomic mass is 10.3. The van der Waals surface area contributed by atoms with E-state index in [1.165, 1.54) is 6.26 Å². The van der Waals surface area contributed by atoms with Crippen LogP contribution in [0.5, 0.6) is 0 Å². The fourth-order valence-electron chi connectivity index (χ4n) is 2.59. The molecule has 0 aromatic carbocycles. The third-order valence-electron chi connectivity index (χ3n) is 3.89. The molecule has 1 fully saturated rings. The van der Waals surface area contributed by atoms with E-state index in [-0.39, 0.29) is 5.91 Å². The van der Waals surface area contributed by atoms with Gasteiger partial charge in [0.25, 0.3) is 5.91 Å². The Morgan fingerprint density at radius 3 is 2.88 bits per heavy atom. The van der Waals surface area contributed by atoms with E-state index in [1.54, 1.807) is 30.5 Å². The summed E-state index contributed by atoms with van der Waals surface area (Å²) >= 11 is 0. The number of hydrogen-bond acceptors (Lipinski definition) is 7. The fraction of sp³-hybridized carbons (Fsp3) is 0.438. The molecular weight excluding hydrogens is 310 g/mol. The number of carbonyl (C=O) groups excluding carboxylic acids is 1. The Morgan fingerprint density at radius 1 is 1.33 bits per heavy atom. The summed E-state index contributed by atoms with van der Waals surface area (Å²) in [5.74, 6) is 1.94. The first-order valence-electron chi connectivity index (χ1n) is 7.90. The number of nitrogens with one attached hydrogen (secondary N) is 1. The molecule has 128 valence electrons. The minimum Gasteiger partial charge on any atom is -0.459 e. The Bertz CT molecular complexity index is 653. The van der Waals surface area contributed by atoms with Gasteiger partial charge in [0.1, 0.15) is 18.0 Å². The molecule has 0 saturated carbocycles. The molecule has 24 heavy (non-hydrogen) atoms. The predicted molar refractivity (Wildman–Crippen MR) is 89.2 cm³/mol. The van der Waals surface area contributed by atoms with Crippen LogP contribution >= 0.6 is 0 Å². The lowest BCUT2D eigenvalue weighted by Crippen LogP contribution is -2.49. The Labute approximate surface area is 140 Å². The molecule has 8 nitrogen and oxygen atoms in total. The summed E-state index contributed by atoms with van der Waals surface area (Å²) in [5, 5.41) is 3.19. The molecule has 1 N–H and O–H groups in total. The van der Waals surface area contributed by atoms with Gasteiger partial charge < -0.3 is 24.3 Å². The zero-order valence-electron chi connectivity index (χ0n) is 13.6. The summed E-state index contributed by atoms with van der Waals surface area (Å²) in [6.45, 7) is 4.03. The quantitative estimate of drug-likeness (QED) is 0.793. The lowest BCUT2D eigenvalue weighted by molar-refractivity contribution is 0.0714. The molecule has 3 rings (SSSR count). The van der Waals surface area contributed by atoms with Crippen molar-refractivity contribution in [2.75, 3.05) is 56.7 Å². The van der Waals surface area contributed by atoms with Crippen molar-refractivity contribution < 1.29 is 13.9 Å². The maximum Gasteiger partial charge on any atom is 0.289 e. The van der Waals surface area contributed by atoms with Crippen LogP contribution in [0.25, 0.3) is 0 Å². The van der Waals surface area contributed by atoms with E-state index < -0.39 is 0 Å². The average molecular weight is 331 g/mol. The van der Waals surface area contributed by atoms with Crippen LogP contribution in [0.15, 0.2) is 35.2 Å². The van der Waals surface area contributed by atoms with Crippen molar-refractivity contribution in [3.8, 4) is 0 Å². The molecule has 1 aliphatic heterocycles. The minimum atomic E-state index is -0.0655. The van der Waals surface area contributed by atoms with Crippen molar-refractivity contribution in [1.82, 2.24) is 14.9 Å². The molecule has 3 heterocycles. The molecule has 1 amide bonds. The summed E-state index contributed by atoms with van der Waals surface area (Å²) in [6.07, 6.45) is 3.06. The number of carbonyl (C=O) groups is 1. The topological polar surface area (TPSA) is 83.7 Å². The lowest BCUT2D eigenvalue weighted by Gasteiger charge is -2.35. The third kappa shape index (κ3) is 3.83. The van der Waals surface area contributed by atoms with E-state index in [1.807, 2.05) is 6.07 Å². The molecule has 0 bridgehead atoms. The second-order valence-corrected chi connectivity index (χ2v) is 5.44. The number of aromatic nitrogens is 2. The maximum absolute atomic E-state index is 12.3. The summed E-state index contributed by atoms with van der Waals surface area (Å²) < 4.78 is 10.2. The summed E-state index contributed by atoms with van der Waals surface area (Å²) in [6, 6.07) is 5.33. The van der Waals surface area contributed by atoms with Gasteiger partial charge in [0.2, 0.25) is 0 Å².